The van der Waals surface area contributed by atoms with Crippen LogP contribution in [0.1, 0.15) is 23.5 Å². The van der Waals surface area contributed by atoms with E-state index in [-0.39, 0.29) is 5.69 Å². The number of carboxylic acids is 1. The number of aliphatic carboxylic acids is 1. The van der Waals surface area contributed by atoms with Crippen molar-refractivity contribution in [1.82, 2.24) is 9.78 Å². The largest absolute Gasteiger partial charge is 0.480 e. The number of anilines is 1. The zero-order valence-corrected chi connectivity index (χ0v) is 13.6. The Morgan fingerprint density at radius 1 is 1.00 bits per heavy atom. The third-order valence-corrected chi connectivity index (χ3v) is 3.88. The molecule has 126 valence electrons. The summed E-state index contributed by atoms with van der Waals surface area (Å²) in [4.78, 5) is 23.5. The molecule has 1 amide bonds. The molecule has 1 atom stereocenters. The van der Waals surface area contributed by atoms with Gasteiger partial charge in [0.25, 0.3) is 5.91 Å². The van der Waals surface area contributed by atoms with Gasteiger partial charge in [-0.15, -0.1) is 0 Å². The van der Waals surface area contributed by atoms with E-state index in [9.17, 15) is 9.59 Å². The minimum absolute atomic E-state index is 0.196. The number of rotatable bonds is 5. The predicted octanol–water partition coefficient (Wildman–Crippen LogP) is 3.45. The Bertz CT molecular complexity index is 886. The highest BCUT2D eigenvalue weighted by molar-refractivity contribution is 6.03. The van der Waals surface area contributed by atoms with Crippen molar-refractivity contribution >= 4 is 17.6 Å². The molecular formula is C19H17N3O3. The predicted molar refractivity (Wildman–Crippen MR) is 94.4 cm³/mol. The second kappa shape index (κ2) is 7.00. The Hall–Kier alpha value is -3.41. The highest BCUT2D eigenvalue weighted by Crippen LogP contribution is 2.21. The van der Waals surface area contributed by atoms with Gasteiger partial charge in [0.1, 0.15) is 11.7 Å². The quantitative estimate of drug-likeness (QED) is 0.748. The zero-order valence-electron chi connectivity index (χ0n) is 13.6. The van der Waals surface area contributed by atoms with Crippen LogP contribution < -0.4 is 5.32 Å². The molecule has 0 aliphatic carbocycles. The molecule has 3 rings (SSSR count). The molecule has 2 N–H and O–H groups in total. The van der Waals surface area contributed by atoms with Crippen LogP contribution in [0.4, 0.5) is 5.69 Å². The fourth-order valence-corrected chi connectivity index (χ4v) is 2.48. The second-order valence-corrected chi connectivity index (χ2v) is 5.57. The van der Waals surface area contributed by atoms with E-state index < -0.39 is 17.9 Å². The fraction of sp³-hybridized carbons (Fsp3) is 0.105. The monoisotopic (exact) mass is 335 g/mol. The number of amides is 1. The van der Waals surface area contributed by atoms with Crippen LogP contribution in [0, 0.1) is 0 Å². The molecule has 0 radical (unpaired) electrons. The molecule has 3 aromatic rings. The molecule has 2 aromatic carbocycles. The van der Waals surface area contributed by atoms with Crippen LogP contribution in [-0.2, 0) is 4.79 Å². The van der Waals surface area contributed by atoms with Crippen LogP contribution in [0.2, 0.25) is 0 Å². The van der Waals surface area contributed by atoms with E-state index in [1.807, 2.05) is 54.6 Å². The first-order valence-electron chi connectivity index (χ1n) is 7.79. The molecule has 0 saturated carbocycles. The maximum atomic E-state index is 12.4. The summed E-state index contributed by atoms with van der Waals surface area (Å²) in [5, 5.41) is 15.8. The lowest BCUT2D eigenvalue weighted by atomic mass is 10.1. The third kappa shape index (κ3) is 3.58. The van der Waals surface area contributed by atoms with Crippen molar-refractivity contribution in [2.75, 3.05) is 5.32 Å². The maximum Gasteiger partial charge on any atom is 0.328 e. The summed E-state index contributed by atoms with van der Waals surface area (Å²) in [5.74, 6) is -1.46. The van der Waals surface area contributed by atoms with Crippen LogP contribution in [0.15, 0.2) is 66.9 Å². The summed E-state index contributed by atoms with van der Waals surface area (Å²) in [6.07, 6.45) is 1.41. The molecule has 25 heavy (non-hydrogen) atoms. The molecule has 6 nitrogen and oxygen atoms in total. The SMILES string of the molecule is CC(C(=O)O)n1nccc1C(=O)Nc1ccc(-c2ccccc2)cc1. The highest BCUT2D eigenvalue weighted by atomic mass is 16.4. The van der Waals surface area contributed by atoms with Crippen molar-refractivity contribution < 1.29 is 14.7 Å². The number of aromatic nitrogens is 2. The third-order valence-electron chi connectivity index (χ3n) is 3.88. The molecule has 0 bridgehead atoms. The van der Waals surface area contributed by atoms with Crippen molar-refractivity contribution in [3.63, 3.8) is 0 Å². The van der Waals surface area contributed by atoms with Gasteiger partial charge >= 0.3 is 5.97 Å². The van der Waals surface area contributed by atoms with Gasteiger partial charge in [-0.3, -0.25) is 4.79 Å². The maximum absolute atomic E-state index is 12.4. The number of carboxylic acid groups (broad SMARTS) is 1. The van der Waals surface area contributed by atoms with Crippen molar-refractivity contribution in [1.29, 1.82) is 0 Å². The molecule has 1 heterocycles. The van der Waals surface area contributed by atoms with Crippen molar-refractivity contribution in [3.05, 3.63) is 72.6 Å². The van der Waals surface area contributed by atoms with E-state index in [1.165, 1.54) is 23.9 Å². The molecule has 1 unspecified atom stereocenters. The lowest BCUT2D eigenvalue weighted by Crippen LogP contribution is -2.24. The van der Waals surface area contributed by atoms with Gasteiger partial charge in [0.05, 0.1) is 0 Å². The topological polar surface area (TPSA) is 84.2 Å². The smallest absolute Gasteiger partial charge is 0.328 e. The first-order valence-corrected chi connectivity index (χ1v) is 7.79. The average molecular weight is 335 g/mol. The average Bonchev–Trinajstić information content (AvgIpc) is 3.12. The summed E-state index contributed by atoms with van der Waals surface area (Å²) in [5.41, 5.74) is 2.96. The van der Waals surface area contributed by atoms with E-state index in [0.29, 0.717) is 5.69 Å². The summed E-state index contributed by atoms with van der Waals surface area (Å²) < 4.78 is 1.19. The van der Waals surface area contributed by atoms with Gasteiger partial charge in [-0.2, -0.15) is 5.10 Å². The molecule has 0 aliphatic rings. The van der Waals surface area contributed by atoms with Crippen LogP contribution in [0.5, 0.6) is 0 Å². The first-order chi connectivity index (χ1) is 12.1. The second-order valence-electron chi connectivity index (χ2n) is 5.57. The van der Waals surface area contributed by atoms with Gasteiger partial charge in [-0.05, 0) is 36.2 Å². The molecule has 0 saturated heterocycles. The normalized spacial score (nSPS) is 11.7. The Morgan fingerprint density at radius 3 is 2.28 bits per heavy atom. The van der Waals surface area contributed by atoms with Gasteiger partial charge < -0.3 is 10.4 Å². The van der Waals surface area contributed by atoms with Gasteiger partial charge in [0.15, 0.2) is 0 Å². The Kier molecular flexibility index (Phi) is 4.61. The van der Waals surface area contributed by atoms with Crippen LogP contribution in [0.3, 0.4) is 0 Å². The minimum Gasteiger partial charge on any atom is -0.480 e. The summed E-state index contributed by atoms with van der Waals surface area (Å²) >= 11 is 0. The molecule has 0 aliphatic heterocycles. The van der Waals surface area contributed by atoms with E-state index >= 15 is 0 Å². The Labute approximate surface area is 144 Å². The lowest BCUT2D eigenvalue weighted by Gasteiger charge is -2.12. The first kappa shape index (κ1) is 16.4. The summed E-state index contributed by atoms with van der Waals surface area (Å²) in [6.45, 7) is 1.47. The molecular weight excluding hydrogens is 318 g/mol. The van der Waals surface area contributed by atoms with Crippen molar-refractivity contribution in [3.8, 4) is 11.1 Å². The van der Waals surface area contributed by atoms with E-state index in [4.69, 9.17) is 5.11 Å². The summed E-state index contributed by atoms with van der Waals surface area (Å²) in [7, 11) is 0. The van der Waals surface area contributed by atoms with Gasteiger partial charge in [0, 0.05) is 11.9 Å². The van der Waals surface area contributed by atoms with Gasteiger partial charge in [-0.25, -0.2) is 9.48 Å². The van der Waals surface area contributed by atoms with E-state index in [0.717, 1.165) is 11.1 Å². The van der Waals surface area contributed by atoms with Crippen molar-refractivity contribution in [2.45, 2.75) is 13.0 Å². The number of carbonyl (C=O) groups excluding carboxylic acids is 1. The van der Waals surface area contributed by atoms with Gasteiger partial charge in [0.2, 0.25) is 0 Å². The molecule has 0 fully saturated rings. The summed E-state index contributed by atoms with van der Waals surface area (Å²) in [6, 6.07) is 17.9. The standard InChI is InChI=1S/C19H17N3O3/c1-13(19(24)25)22-17(11-12-20-22)18(23)21-16-9-7-15(8-10-16)14-5-3-2-4-6-14/h2-13H,1H3,(H,21,23)(H,24,25). The number of nitrogens with zero attached hydrogens (tertiary/aromatic N) is 2. The Balaban J connectivity index is 1.76. The zero-order chi connectivity index (χ0) is 17.8. The molecule has 1 aromatic heterocycles. The van der Waals surface area contributed by atoms with Crippen LogP contribution in [-0.4, -0.2) is 26.8 Å². The molecule has 0 spiro atoms. The highest BCUT2D eigenvalue weighted by Gasteiger charge is 2.21. The number of hydrogen-bond acceptors (Lipinski definition) is 3. The minimum atomic E-state index is -1.05. The number of carbonyl (C=O) groups is 2. The fourth-order valence-electron chi connectivity index (χ4n) is 2.48. The Morgan fingerprint density at radius 2 is 1.64 bits per heavy atom. The van der Waals surface area contributed by atoms with Gasteiger partial charge in [-0.1, -0.05) is 42.5 Å². The lowest BCUT2D eigenvalue weighted by molar-refractivity contribution is -0.140. The van der Waals surface area contributed by atoms with Crippen LogP contribution >= 0.6 is 0 Å². The van der Waals surface area contributed by atoms with E-state index in [2.05, 4.69) is 10.4 Å². The molecule has 6 heteroatoms. The van der Waals surface area contributed by atoms with Crippen LogP contribution in [0.25, 0.3) is 11.1 Å². The van der Waals surface area contributed by atoms with E-state index in [1.54, 1.807) is 0 Å². The number of hydrogen-bond donors (Lipinski definition) is 2. The number of nitrogens with one attached hydrogen (secondary N) is 1. The van der Waals surface area contributed by atoms with Crippen molar-refractivity contribution in [2.24, 2.45) is 0 Å². The number of benzene rings is 2.